The first-order valence-corrected chi connectivity index (χ1v) is 8.46. The standard InChI is InChI=1S/C12H15NO4S2/c1-17-12(14)10-4-2-3-5-11(10)19(15,16)13-9-6-7-18-8-9/h2-5,9,13H,6-8H2,1H3. The number of thioether (sulfide) groups is 1. The molecular weight excluding hydrogens is 286 g/mol. The molecule has 0 saturated carbocycles. The van der Waals surface area contributed by atoms with E-state index in [-0.39, 0.29) is 16.5 Å². The molecule has 1 atom stereocenters. The van der Waals surface area contributed by atoms with Crippen molar-refractivity contribution < 1.29 is 17.9 Å². The third-order valence-electron chi connectivity index (χ3n) is 2.83. The lowest BCUT2D eigenvalue weighted by Gasteiger charge is -2.14. The molecule has 104 valence electrons. The maximum absolute atomic E-state index is 12.3. The van der Waals surface area contributed by atoms with Gasteiger partial charge in [-0.15, -0.1) is 0 Å². The zero-order valence-corrected chi connectivity index (χ0v) is 12.1. The lowest BCUT2D eigenvalue weighted by Crippen LogP contribution is -2.35. The van der Waals surface area contributed by atoms with Crippen molar-refractivity contribution in [1.29, 1.82) is 0 Å². The molecule has 0 bridgehead atoms. The van der Waals surface area contributed by atoms with Gasteiger partial charge >= 0.3 is 5.97 Å². The van der Waals surface area contributed by atoms with Gasteiger partial charge in [0.1, 0.15) is 0 Å². The Morgan fingerprint density at radius 2 is 2.16 bits per heavy atom. The molecule has 0 radical (unpaired) electrons. The Labute approximate surface area is 116 Å². The van der Waals surface area contributed by atoms with Gasteiger partial charge in [0.15, 0.2) is 0 Å². The number of hydrogen-bond donors (Lipinski definition) is 1. The van der Waals surface area contributed by atoms with E-state index in [2.05, 4.69) is 9.46 Å². The number of carbonyl (C=O) groups excluding carboxylic acids is 1. The molecule has 19 heavy (non-hydrogen) atoms. The summed E-state index contributed by atoms with van der Waals surface area (Å²) in [6, 6.07) is 5.99. The van der Waals surface area contributed by atoms with Crippen molar-refractivity contribution >= 4 is 27.8 Å². The number of esters is 1. The predicted molar refractivity (Wildman–Crippen MR) is 73.8 cm³/mol. The van der Waals surface area contributed by atoms with Crippen LogP contribution in [0.3, 0.4) is 0 Å². The van der Waals surface area contributed by atoms with Gasteiger partial charge in [-0.2, -0.15) is 11.8 Å². The maximum Gasteiger partial charge on any atom is 0.339 e. The minimum absolute atomic E-state index is 0.0289. The first-order valence-electron chi connectivity index (χ1n) is 5.82. The molecule has 1 fully saturated rings. The van der Waals surface area contributed by atoms with Crippen LogP contribution in [0, 0.1) is 0 Å². The molecule has 5 nitrogen and oxygen atoms in total. The summed E-state index contributed by atoms with van der Waals surface area (Å²) in [5.41, 5.74) is 0.0585. The van der Waals surface area contributed by atoms with Crippen LogP contribution in [0.5, 0.6) is 0 Å². The number of methoxy groups -OCH3 is 1. The van der Waals surface area contributed by atoms with Gasteiger partial charge in [0.2, 0.25) is 10.0 Å². The first kappa shape index (κ1) is 14.4. The largest absolute Gasteiger partial charge is 0.465 e. The molecule has 1 aliphatic heterocycles. The Bertz CT molecular complexity index is 565. The molecule has 0 amide bonds. The molecule has 1 aromatic rings. The van der Waals surface area contributed by atoms with Crippen LogP contribution in [-0.4, -0.2) is 39.0 Å². The monoisotopic (exact) mass is 301 g/mol. The normalized spacial score (nSPS) is 19.3. The van der Waals surface area contributed by atoms with E-state index in [0.717, 1.165) is 17.9 Å². The van der Waals surface area contributed by atoms with E-state index in [1.165, 1.54) is 19.2 Å². The SMILES string of the molecule is COC(=O)c1ccccc1S(=O)(=O)NC1CCSC1. The van der Waals surface area contributed by atoms with Crippen molar-refractivity contribution in [3.63, 3.8) is 0 Å². The Balaban J connectivity index is 2.31. The average Bonchev–Trinajstić information content (AvgIpc) is 2.90. The van der Waals surface area contributed by atoms with Crippen molar-refractivity contribution in [1.82, 2.24) is 4.72 Å². The zero-order valence-electron chi connectivity index (χ0n) is 10.5. The highest BCUT2D eigenvalue weighted by Gasteiger charge is 2.27. The maximum atomic E-state index is 12.3. The Hall–Kier alpha value is -1.05. The molecular formula is C12H15NO4S2. The molecule has 1 N–H and O–H groups in total. The third kappa shape index (κ3) is 3.29. The summed E-state index contributed by atoms with van der Waals surface area (Å²) in [4.78, 5) is 11.6. The van der Waals surface area contributed by atoms with E-state index in [9.17, 15) is 13.2 Å². The van der Waals surface area contributed by atoms with Crippen LogP contribution in [0.25, 0.3) is 0 Å². The summed E-state index contributed by atoms with van der Waals surface area (Å²) in [7, 11) is -2.46. The van der Waals surface area contributed by atoms with Crippen LogP contribution in [0.4, 0.5) is 0 Å². The van der Waals surface area contributed by atoms with Gasteiger partial charge in [0.05, 0.1) is 17.6 Å². The molecule has 0 aromatic heterocycles. The second kappa shape index (κ2) is 5.94. The van der Waals surface area contributed by atoms with Gasteiger partial charge in [-0.25, -0.2) is 17.9 Å². The summed E-state index contributed by atoms with van der Waals surface area (Å²) in [5, 5.41) is 0. The van der Waals surface area contributed by atoms with E-state index < -0.39 is 16.0 Å². The van der Waals surface area contributed by atoms with Gasteiger partial charge in [-0.05, 0) is 24.3 Å². The number of nitrogens with one attached hydrogen (secondary N) is 1. The molecule has 0 aliphatic carbocycles. The lowest BCUT2D eigenvalue weighted by molar-refractivity contribution is 0.0596. The van der Waals surface area contributed by atoms with Crippen LogP contribution < -0.4 is 4.72 Å². The van der Waals surface area contributed by atoms with Crippen molar-refractivity contribution in [2.24, 2.45) is 0 Å². The smallest absolute Gasteiger partial charge is 0.339 e. The van der Waals surface area contributed by atoms with Crippen molar-refractivity contribution in [2.45, 2.75) is 17.4 Å². The minimum Gasteiger partial charge on any atom is -0.465 e. The lowest BCUT2D eigenvalue weighted by atomic mass is 10.2. The van der Waals surface area contributed by atoms with E-state index in [1.807, 2.05) is 0 Å². The van der Waals surface area contributed by atoms with Gasteiger partial charge in [0.25, 0.3) is 0 Å². The molecule has 1 unspecified atom stereocenters. The fourth-order valence-electron chi connectivity index (χ4n) is 1.89. The molecule has 1 heterocycles. The molecule has 1 aliphatic rings. The van der Waals surface area contributed by atoms with Crippen molar-refractivity contribution in [3.05, 3.63) is 29.8 Å². The molecule has 2 rings (SSSR count). The van der Waals surface area contributed by atoms with E-state index >= 15 is 0 Å². The van der Waals surface area contributed by atoms with E-state index in [1.54, 1.807) is 23.9 Å². The Morgan fingerprint density at radius 3 is 2.79 bits per heavy atom. The summed E-state index contributed by atoms with van der Waals surface area (Å²) in [5.74, 6) is 1.06. The Morgan fingerprint density at radius 1 is 1.42 bits per heavy atom. The summed E-state index contributed by atoms with van der Waals surface area (Å²) >= 11 is 1.71. The Kier molecular flexibility index (Phi) is 4.49. The van der Waals surface area contributed by atoms with Crippen LogP contribution in [0.2, 0.25) is 0 Å². The highest BCUT2D eigenvalue weighted by atomic mass is 32.2. The summed E-state index contributed by atoms with van der Waals surface area (Å²) in [6.45, 7) is 0. The van der Waals surface area contributed by atoms with Crippen molar-refractivity contribution in [3.8, 4) is 0 Å². The molecule has 7 heteroatoms. The molecule has 1 saturated heterocycles. The number of sulfonamides is 1. The van der Waals surface area contributed by atoms with Crippen LogP contribution in [-0.2, 0) is 14.8 Å². The second-order valence-electron chi connectivity index (χ2n) is 4.17. The quantitative estimate of drug-likeness (QED) is 0.848. The number of hydrogen-bond acceptors (Lipinski definition) is 5. The van der Waals surface area contributed by atoms with E-state index in [4.69, 9.17) is 0 Å². The zero-order chi connectivity index (χ0) is 13.9. The van der Waals surface area contributed by atoms with Crippen LogP contribution >= 0.6 is 11.8 Å². The van der Waals surface area contributed by atoms with Gasteiger partial charge < -0.3 is 4.74 Å². The predicted octanol–water partition coefficient (Wildman–Crippen LogP) is 1.26. The topological polar surface area (TPSA) is 72.5 Å². The minimum atomic E-state index is -3.69. The fraction of sp³-hybridized carbons (Fsp3) is 0.417. The number of ether oxygens (including phenoxy) is 1. The highest BCUT2D eigenvalue weighted by Crippen LogP contribution is 2.21. The summed E-state index contributed by atoms with van der Waals surface area (Å²) < 4.78 is 31.8. The second-order valence-corrected chi connectivity index (χ2v) is 7.00. The fourth-order valence-corrected chi connectivity index (χ4v) is 4.61. The van der Waals surface area contributed by atoms with Gasteiger partial charge in [-0.3, -0.25) is 0 Å². The third-order valence-corrected chi connectivity index (χ3v) is 5.57. The van der Waals surface area contributed by atoms with Gasteiger partial charge in [0, 0.05) is 11.8 Å². The first-order chi connectivity index (χ1) is 9.04. The van der Waals surface area contributed by atoms with Crippen molar-refractivity contribution in [2.75, 3.05) is 18.6 Å². The molecule has 0 spiro atoms. The summed E-state index contributed by atoms with van der Waals surface area (Å²) in [6.07, 6.45) is 0.810. The van der Waals surface area contributed by atoms with Crippen LogP contribution in [0.1, 0.15) is 16.8 Å². The van der Waals surface area contributed by atoms with E-state index in [0.29, 0.717) is 0 Å². The van der Waals surface area contributed by atoms with Gasteiger partial charge in [-0.1, -0.05) is 12.1 Å². The average molecular weight is 301 g/mol. The van der Waals surface area contributed by atoms with Crippen LogP contribution in [0.15, 0.2) is 29.2 Å². The molecule has 1 aromatic carbocycles. The number of benzene rings is 1. The highest BCUT2D eigenvalue weighted by molar-refractivity contribution is 7.99. The number of rotatable bonds is 4. The number of carbonyl (C=O) groups is 1.